The first kappa shape index (κ1) is 8.91. The molecule has 1 aliphatic carbocycles. The van der Waals surface area contributed by atoms with Gasteiger partial charge in [-0.1, -0.05) is 24.6 Å². The smallest absolute Gasteiger partial charge is 0.156 e. The number of rotatable bonds is 1. The third-order valence-electron chi connectivity index (χ3n) is 2.08. The maximum absolute atomic E-state index is 4.14. The first-order valence-electron chi connectivity index (χ1n) is 4.14. The Bertz CT molecular complexity index is 139. The fraction of sp³-hybridized carbons (Fsp3) is 0.875. The molecule has 0 heterocycles. The number of hydrogen-bond acceptors (Lipinski definition) is 2. The Labute approximate surface area is 72.9 Å². The van der Waals surface area contributed by atoms with Crippen molar-refractivity contribution in [3.8, 4) is 0 Å². The van der Waals surface area contributed by atoms with Gasteiger partial charge in [0, 0.05) is 13.1 Å². The highest BCUT2D eigenvalue weighted by Crippen LogP contribution is 2.18. The van der Waals surface area contributed by atoms with Gasteiger partial charge in [0.1, 0.15) is 0 Å². The first-order valence-corrected chi connectivity index (χ1v) is 5.36. The van der Waals surface area contributed by atoms with Gasteiger partial charge in [-0.2, -0.15) is 0 Å². The summed E-state index contributed by atoms with van der Waals surface area (Å²) in [7, 11) is 1.84. The van der Waals surface area contributed by atoms with E-state index >= 15 is 0 Å². The second-order valence-electron chi connectivity index (χ2n) is 2.86. The van der Waals surface area contributed by atoms with Crippen LogP contribution < -0.4 is 5.32 Å². The van der Waals surface area contributed by atoms with Gasteiger partial charge >= 0.3 is 0 Å². The summed E-state index contributed by atoms with van der Waals surface area (Å²) in [6.45, 7) is 0. The zero-order valence-corrected chi connectivity index (χ0v) is 8.08. The lowest BCUT2D eigenvalue weighted by atomic mass is 10.3. The molecule has 0 aliphatic heterocycles. The van der Waals surface area contributed by atoms with Crippen LogP contribution in [0.4, 0.5) is 0 Å². The number of thioether (sulfide) groups is 1. The van der Waals surface area contributed by atoms with Crippen LogP contribution in [0.3, 0.4) is 0 Å². The molecule has 3 heteroatoms. The summed E-state index contributed by atoms with van der Waals surface area (Å²) >= 11 is 1.70. The normalized spacial score (nSPS) is 20.7. The van der Waals surface area contributed by atoms with E-state index in [0.717, 1.165) is 5.17 Å². The zero-order chi connectivity index (χ0) is 8.10. The van der Waals surface area contributed by atoms with Gasteiger partial charge in [0.15, 0.2) is 5.17 Å². The van der Waals surface area contributed by atoms with Crippen molar-refractivity contribution < 1.29 is 0 Å². The van der Waals surface area contributed by atoms with Gasteiger partial charge in [0.25, 0.3) is 0 Å². The lowest BCUT2D eigenvalue weighted by molar-refractivity contribution is 0.635. The Morgan fingerprint density at radius 1 is 1.45 bits per heavy atom. The quantitative estimate of drug-likeness (QED) is 0.482. The fourth-order valence-corrected chi connectivity index (χ4v) is 1.93. The minimum atomic E-state index is 0.696. The van der Waals surface area contributed by atoms with E-state index in [2.05, 4.69) is 16.6 Å². The molecule has 64 valence electrons. The minimum absolute atomic E-state index is 0.696. The van der Waals surface area contributed by atoms with E-state index in [4.69, 9.17) is 0 Å². The van der Waals surface area contributed by atoms with E-state index in [1.54, 1.807) is 11.8 Å². The molecular formula is C8H16N2S. The Kier molecular flexibility index (Phi) is 3.77. The second-order valence-corrected chi connectivity index (χ2v) is 3.65. The van der Waals surface area contributed by atoms with Crippen LogP contribution in [0.2, 0.25) is 0 Å². The highest BCUT2D eigenvalue weighted by Gasteiger charge is 2.14. The largest absolute Gasteiger partial charge is 0.362 e. The lowest BCUT2D eigenvalue weighted by Crippen LogP contribution is -2.30. The van der Waals surface area contributed by atoms with E-state index in [1.165, 1.54) is 25.7 Å². The van der Waals surface area contributed by atoms with Gasteiger partial charge in [-0.3, -0.25) is 4.99 Å². The third kappa shape index (κ3) is 2.73. The van der Waals surface area contributed by atoms with Crippen LogP contribution in [0.1, 0.15) is 25.7 Å². The van der Waals surface area contributed by atoms with E-state index in [9.17, 15) is 0 Å². The molecule has 0 bridgehead atoms. The number of hydrogen-bond donors (Lipinski definition) is 1. The van der Waals surface area contributed by atoms with Crippen LogP contribution in [0.15, 0.2) is 4.99 Å². The SMILES string of the molecule is CN=C(NC1CCCC1)SC. The molecule has 0 spiro atoms. The Morgan fingerprint density at radius 3 is 2.55 bits per heavy atom. The van der Waals surface area contributed by atoms with Crippen molar-refractivity contribution in [1.82, 2.24) is 5.32 Å². The summed E-state index contributed by atoms with van der Waals surface area (Å²) in [6, 6.07) is 0.696. The van der Waals surface area contributed by atoms with Gasteiger partial charge in [-0.25, -0.2) is 0 Å². The Balaban J connectivity index is 2.27. The number of amidine groups is 1. The highest BCUT2D eigenvalue weighted by atomic mass is 32.2. The predicted molar refractivity (Wildman–Crippen MR) is 52.3 cm³/mol. The summed E-state index contributed by atoms with van der Waals surface area (Å²) in [4.78, 5) is 4.14. The summed E-state index contributed by atoms with van der Waals surface area (Å²) in [5.41, 5.74) is 0. The minimum Gasteiger partial charge on any atom is -0.362 e. The average molecular weight is 172 g/mol. The summed E-state index contributed by atoms with van der Waals surface area (Å²) in [5, 5.41) is 4.51. The van der Waals surface area contributed by atoms with Crippen molar-refractivity contribution in [2.45, 2.75) is 31.7 Å². The van der Waals surface area contributed by atoms with Crippen LogP contribution in [0.5, 0.6) is 0 Å². The molecule has 0 amide bonds. The Morgan fingerprint density at radius 2 is 2.09 bits per heavy atom. The molecule has 0 unspecified atom stereocenters. The van der Waals surface area contributed by atoms with E-state index in [0.29, 0.717) is 6.04 Å². The molecule has 2 nitrogen and oxygen atoms in total. The van der Waals surface area contributed by atoms with Gasteiger partial charge in [0.05, 0.1) is 0 Å². The number of aliphatic imine (C=N–C) groups is 1. The standard InChI is InChI=1S/C8H16N2S/c1-9-8(11-2)10-7-5-3-4-6-7/h7H,3-6H2,1-2H3,(H,9,10). The fourth-order valence-electron chi connectivity index (χ4n) is 1.46. The lowest BCUT2D eigenvalue weighted by Gasteiger charge is -2.12. The first-order chi connectivity index (χ1) is 5.36. The molecule has 1 fully saturated rings. The Hall–Kier alpha value is -0.180. The van der Waals surface area contributed by atoms with Crippen molar-refractivity contribution in [2.24, 2.45) is 4.99 Å². The number of nitrogens with zero attached hydrogens (tertiary/aromatic N) is 1. The molecule has 1 aliphatic rings. The summed E-state index contributed by atoms with van der Waals surface area (Å²) < 4.78 is 0. The maximum Gasteiger partial charge on any atom is 0.156 e. The summed E-state index contributed by atoms with van der Waals surface area (Å²) in [5.74, 6) is 0. The molecule has 0 saturated heterocycles. The van der Waals surface area contributed by atoms with Crippen molar-refractivity contribution in [2.75, 3.05) is 13.3 Å². The van der Waals surface area contributed by atoms with Crippen molar-refractivity contribution in [3.63, 3.8) is 0 Å². The average Bonchev–Trinajstić information content (AvgIpc) is 2.52. The van der Waals surface area contributed by atoms with Crippen LogP contribution in [-0.2, 0) is 0 Å². The molecule has 1 N–H and O–H groups in total. The van der Waals surface area contributed by atoms with Crippen molar-refractivity contribution in [1.29, 1.82) is 0 Å². The molecule has 1 rings (SSSR count). The monoisotopic (exact) mass is 172 g/mol. The summed E-state index contributed by atoms with van der Waals surface area (Å²) in [6.07, 6.45) is 7.45. The zero-order valence-electron chi connectivity index (χ0n) is 7.26. The predicted octanol–water partition coefficient (Wildman–Crippen LogP) is 1.87. The maximum atomic E-state index is 4.14. The van der Waals surface area contributed by atoms with E-state index < -0.39 is 0 Å². The van der Waals surface area contributed by atoms with Crippen LogP contribution in [0.25, 0.3) is 0 Å². The molecule has 0 aromatic heterocycles. The third-order valence-corrected chi connectivity index (χ3v) is 2.77. The molecule has 0 atom stereocenters. The topological polar surface area (TPSA) is 24.4 Å². The van der Waals surface area contributed by atoms with Gasteiger partial charge in [0.2, 0.25) is 0 Å². The molecule has 0 radical (unpaired) electrons. The molecule has 0 aromatic carbocycles. The molecule has 0 aromatic rings. The van der Waals surface area contributed by atoms with Crippen molar-refractivity contribution >= 4 is 16.9 Å². The van der Waals surface area contributed by atoms with Gasteiger partial charge in [-0.05, 0) is 19.1 Å². The van der Waals surface area contributed by atoms with Gasteiger partial charge < -0.3 is 5.32 Å². The number of nitrogens with one attached hydrogen (secondary N) is 1. The molecule has 1 saturated carbocycles. The molecular weight excluding hydrogens is 156 g/mol. The highest BCUT2D eigenvalue weighted by molar-refractivity contribution is 8.13. The van der Waals surface area contributed by atoms with Crippen LogP contribution >= 0.6 is 11.8 Å². The van der Waals surface area contributed by atoms with E-state index in [-0.39, 0.29) is 0 Å². The molecule has 11 heavy (non-hydrogen) atoms. The van der Waals surface area contributed by atoms with Gasteiger partial charge in [-0.15, -0.1) is 0 Å². The van der Waals surface area contributed by atoms with Crippen LogP contribution in [0, 0.1) is 0 Å². The van der Waals surface area contributed by atoms with E-state index in [1.807, 2.05) is 7.05 Å². The van der Waals surface area contributed by atoms with Crippen LogP contribution in [-0.4, -0.2) is 24.5 Å². The van der Waals surface area contributed by atoms with Crippen molar-refractivity contribution in [3.05, 3.63) is 0 Å². The second kappa shape index (κ2) is 4.65.